The fraction of sp³-hybridized carbons (Fsp3) is 0.125. The summed E-state index contributed by atoms with van der Waals surface area (Å²) in [5, 5.41) is 14.0. The van der Waals surface area contributed by atoms with E-state index in [0.717, 1.165) is 33.2 Å². The summed E-state index contributed by atoms with van der Waals surface area (Å²) in [6, 6.07) is 31.7. The number of fused-ring (bicyclic) bond motifs is 1. The van der Waals surface area contributed by atoms with Crippen molar-refractivity contribution >= 4 is 28.4 Å². The maximum absolute atomic E-state index is 13.5. The third-order valence-electron chi connectivity index (χ3n) is 6.71. The van der Waals surface area contributed by atoms with E-state index < -0.39 is 0 Å². The second kappa shape index (κ2) is 11.3. The molecule has 1 unspecified atom stereocenters. The number of nitriles is 1. The van der Waals surface area contributed by atoms with Crippen LogP contribution in [0, 0.1) is 17.1 Å². The second-order valence-electron chi connectivity index (χ2n) is 9.20. The second-order valence-corrected chi connectivity index (χ2v) is 9.57. The van der Waals surface area contributed by atoms with Gasteiger partial charge >= 0.3 is 0 Å². The first-order chi connectivity index (χ1) is 18.5. The van der Waals surface area contributed by atoms with Crippen LogP contribution in [0.15, 0.2) is 103 Å². The van der Waals surface area contributed by atoms with Gasteiger partial charge in [0.15, 0.2) is 0 Å². The minimum absolute atomic E-state index is 0.118. The van der Waals surface area contributed by atoms with Gasteiger partial charge in [-0.2, -0.15) is 5.26 Å². The fourth-order valence-corrected chi connectivity index (χ4v) is 5.12. The lowest BCUT2D eigenvalue weighted by molar-refractivity contribution is -0.121. The number of hydrogen-bond donors (Lipinski definition) is 1. The van der Waals surface area contributed by atoms with E-state index >= 15 is 0 Å². The zero-order chi connectivity index (χ0) is 26.5. The molecule has 5 rings (SSSR count). The standard InChI is InChI=1S/C32H25ClFN3O/c33-32-24(18-35)9-6-11-27(32)28(17-31(38)36-19-22-7-2-1-3-8-22)29-21-37(30-12-5-4-10-26(29)30)20-23-13-15-25(34)16-14-23/h1-16,21,28H,17,19-20H2,(H,36,38). The van der Waals surface area contributed by atoms with Gasteiger partial charge in [-0.25, -0.2) is 4.39 Å². The quantitative estimate of drug-likeness (QED) is 0.235. The van der Waals surface area contributed by atoms with Gasteiger partial charge in [0.1, 0.15) is 11.9 Å². The molecular weight excluding hydrogens is 497 g/mol. The van der Waals surface area contributed by atoms with Crippen molar-refractivity contribution < 1.29 is 9.18 Å². The number of amides is 1. The van der Waals surface area contributed by atoms with Gasteiger partial charge in [0.25, 0.3) is 0 Å². The molecular formula is C32H25ClFN3O. The molecule has 1 heterocycles. The van der Waals surface area contributed by atoms with Crippen molar-refractivity contribution in [2.24, 2.45) is 0 Å². The number of nitrogens with one attached hydrogen (secondary N) is 1. The van der Waals surface area contributed by atoms with E-state index in [2.05, 4.69) is 16.0 Å². The van der Waals surface area contributed by atoms with Crippen LogP contribution in [0.25, 0.3) is 10.9 Å². The molecule has 0 saturated heterocycles. The predicted molar refractivity (Wildman–Crippen MR) is 148 cm³/mol. The SMILES string of the molecule is N#Cc1cccc(C(CC(=O)NCc2ccccc2)c2cn(Cc3ccc(F)cc3)c3ccccc23)c1Cl. The van der Waals surface area contributed by atoms with E-state index in [1.807, 2.05) is 66.9 Å². The van der Waals surface area contributed by atoms with Crippen LogP contribution >= 0.6 is 11.6 Å². The minimum atomic E-state index is -0.383. The normalized spacial score (nSPS) is 11.7. The van der Waals surface area contributed by atoms with E-state index in [4.69, 9.17) is 11.6 Å². The number of carbonyl (C=O) groups excluding carboxylic acids is 1. The van der Waals surface area contributed by atoms with Crippen molar-refractivity contribution in [3.63, 3.8) is 0 Å². The molecule has 1 aromatic heterocycles. The minimum Gasteiger partial charge on any atom is -0.352 e. The van der Waals surface area contributed by atoms with Crippen LogP contribution in [0.3, 0.4) is 0 Å². The lowest BCUT2D eigenvalue weighted by atomic mass is 9.87. The van der Waals surface area contributed by atoms with E-state index in [-0.39, 0.29) is 24.1 Å². The van der Waals surface area contributed by atoms with Gasteiger partial charge < -0.3 is 9.88 Å². The molecule has 5 aromatic rings. The highest BCUT2D eigenvalue weighted by Gasteiger charge is 2.25. The summed E-state index contributed by atoms with van der Waals surface area (Å²) in [6.45, 7) is 0.963. The summed E-state index contributed by atoms with van der Waals surface area (Å²) in [7, 11) is 0. The Morgan fingerprint density at radius 3 is 2.39 bits per heavy atom. The lowest BCUT2D eigenvalue weighted by Crippen LogP contribution is -2.25. The third-order valence-corrected chi connectivity index (χ3v) is 7.13. The van der Waals surface area contributed by atoms with E-state index in [0.29, 0.717) is 23.7 Å². The van der Waals surface area contributed by atoms with Crippen molar-refractivity contribution in [2.45, 2.75) is 25.4 Å². The van der Waals surface area contributed by atoms with Crippen LogP contribution in [-0.2, 0) is 17.9 Å². The molecule has 38 heavy (non-hydrogen) atoms. The lowest BCUT2D eigenvalue weighted by Gasteiger charge is -2.19. The van der Waals surface area contributed by atoms with Gasteiger partial charge in [-0.05, 0) is 46.5 Å². The molecule has 0 aliphatic heterocycles. The molecule has 188 valence electrons. The molecule has 1 N–H and O–H groups in total. The van der Waals surface area contributed by atoms with Crippen molar-refractivity contribution in [1.82, 2.24) is 9.88 Å². The molecule has 0 bridgehead atoms. The Kier molecular flexibility index (Phi) is 7.53. The molecule has 1 amide bonds. The summed E-state index contributed by atoms with van der Waals surface area (Å²) in [5.41, 5.74) is 5.00. The largest absolute Gasteiger partial charge is 0.352 e. The average Bonchev–Trinajstić information content (AvgIpc) is 3.31. The molecule has 0 saturated carbocycles. The summed E-state index contributed by atoms with van der Waals surface area (Å²) >= 11 is 6.72. The first kappa shape index (κ1) is 25.3. The van der Waals surface area contributed by atoms with Crippen LogP contribution in [0.2, 0.25) is 5.02 Å². The Morgan fingerprint density at radius 2 is 1.63 bits per heavy atom. The number of rotatable bonds is 8. The number of hydrogen-bond acceptors (Lipinski definition) is 2. The molecule has 4 nitrogen and oxygen atoms in total. The van der Waals surface area contributed by atoms with E-state index in [9.17, 15) is 14.4 Å². The Balaban J connectivity index is 1.55. The third kappa shape index (κ3) is 5.46. The Hall–Kier alpha value is -4.40. The monoisotopic (exact) mass is 521 g/mol. The number of carbonyl (C=O) groups is 1. The Bertz CT molecular complexity index is 1620. The van der Waals surface area contributed by atoms with Crippen LogP contribution in [-0.4, -0.2) is 10.5 Å². The molecule has 6 heteroatoms. The topological polar surface area (TPSA) is 57.8 Å². The van der Waals surface area contributed by atoms with Crippen LogP contribution in [0.4, 0.5) is 4.39 Å². The number of aromatic nitrogens is 1. The zero-order valence-corrected chi connectivity index (χ0v) is 21.3. The van der Waals surface area contributed by atoms with Gasteiger partial charge in [-0.1, -0.05) is 84.4 Å². The highest BCUT2D eigenvalue weighted by atomic mass is 35.5. The first-order valence-corrected chi connectivity index (χ1v) is 12.7. The number of halogens is 2. The molecule has 0 aliphatic carbocycles. The molecule has 4 aromatic carbocycles. The number of para-hydroxylation sites is 1. The van der Waals surface area contributed by atoms with Crippen molar-refractivity contribution in [2.75, 3.05) is 0 Å². The summed E-state index contributed by atoms with van der Waals surface area (Å²) in [6.07, 6.45) is 2.20. The van der Waals surface area contributed by atoms with Crippen LogP contribution in [0.5, 0.6) is 0 Å². The van der Waals surface area contributed by atoms with Gasteiger partial charge in [-0.15, -0.1) is 0 Å². The first-order valence-electron chi connectivity index (χ1n) is 12.3. The van der Waals surface area contributed by atoms with Crippen molar-refractivity contribution in [3.8, 4) is 6.07 Å². The van der Waals surface area contributed by atoms with Crippen molar-refractivity contribution in [1.29, 1.82) is 5.26 Å². The van der Waals surface area contributed by atoms with E-state index in [1.54, 1.807) is 24.3 Å². The summed E-state index contributed by atoms with van der Waals surface area (Å²) in [5.74, 6) is -0.779. The van der Waals surface area contributed by atoms with E-state index in [1.165, 1.54) is 12.1 Å². The molecule has 0 radical (unpaired) electrons. The van der Waals surface area contributed by atoms with Gasteiger partial charge in [0.05, 0.1) is 10.6 Å². The predicted octanol–water partition coefficient (Wildman–Crippen LogP) is 7.19. The Morgan fingerprint density at radius 1 is 0.895 bits per heavy atom. The number of nitrogens with zero attached hydrogens (tertiary/aromatic N) is 2. The maximum Gasteiger partial charge on any atom is 0.221 e. The van der Waals surface area contributed by atoms with Crippen LogP contribution < -0.4 is 5.32 Å². The summed E-state index contributed by atoms with van der Waals surface area (Å²) < 4.78 is 15.6. The van der Waals surface area contributed by atoms with Crippen LogP contribution in [0.1, 0.15) is 40.2 Å². The smallest absolute Gasteiger partial charge is 0.221 e. The maximum atomic E-state index is 13.5. The highest BCUT2D eigenvalue weighted by Crippen LogP contribution is 2.39. The van der Waals surface area contributed by atoms with Gasteiger partial charge in [0.2, 0.25) is 5.91 Å². The molecule has 0 fully saturated rings. The molecule has 0 spiro atoms. The average molecular weight is 522 g/mol. The zero-order valence-electron chi connectivity index (χ0n) is 20.6. The van der Waals surface area contributed by atoms with Crippen molar-refractivity contribution in [3.05, 3.63) is 142 Å². The number of benzene rings is 4. The fourth-order valence-electron chi connectivity index (χ4n) is 4.82. The van der Waals surface area contributed by atoms with Gasteiger partial charge in [0, 0.05) is 42.5 Å². The van der Waals surface area contributed by atoms with Gasteiger partial charge in [-0.3, -0.25) is 4.79 Å². The summed E-state index contributed by atoms with van der Waals surface area (Å²) in [4.78, 5) is 13.2. The Labute approximate surface area is 225 Å². The molecule has 1 atom stereocenters. The highest BCUT2D eigenvalue weighted by molar-refractivity contribution is 6.32. The molecule has 0 aliphatic rings.